The van der Waals surface area contributed by atoms with Gasteiger partial charge >= 0.3 is 5.97 Å². The lowest BCUT2D eigenvalue weighted by Gasteiger charge is -2.36. The van der Waals surface area contributed by atoms with Crippen molar-refractivity contribution in [1.82, 2.24) is 9.55 Å². The van der Waals surface area contributed by atoms with Crippen LogP contribution in [0.1, 0.15) is 16.8 Å². The van der Waals surface area contributed by atoms with E-state index < -0.39 is 5.97 Å². The monoisotopic (exact) mass is 331 g/mol. The fraction of sp³-hybridized carbons (Fsp3) is 0.529. The molecule has 0 radical (unpaired) electrons. The molecule has 1 aromatic heterocycles. The zero-order chi connectivity index (χ0) is 16.9. The molecule has 24 heavy (non-hydrogen) atoms. The van der Waals surface area contributed by atoms with Crippen molar-refractivity contribution in [3.63, 3.8) is 0 Å². The number of aliphatic hydroxyl groups is 1. The van der Waals surface area contributed by atoms with Crippen molar-refractivity contribution < 1.29 is 19.7 Å². The predicted molar refractivity (Wildman–Crippen MR) is 88.3 cm³/mol. The van der Waals surface area contributed by atoms with Crippen LogP contribution in [0.2, 0.25) is 0 Å². The SMILES string of the molecule is Cn1c(N2C[C@@H]3COCC[C@]3(CO)C2)nc2cc(C(=O)O)ccc21. The van der Waals surface area contributed by atoms with Crippen LogP contribution >= 0.6 is 0 Å². The maximum absolute atomic E-state index is 11.2. The molecule has 0 saturated carbocycles. The number of aromatic carboxylic acids is 1. The normalized spacial score (nSPS) is 26.8. The Bertz CT molecular complexity index is 802. The van der Waals surface area contributed by atoms with Crippen molar-refractivity contribution in [2.75, 3.05) is 37.8 Å². The van der Waals surface area contributed by atoms with Crippen molar-refractivity contribution in [2.24, 2.45) is 18.4 Å². The second kappa shape index (κ2) is 5.46. The standard InChI is InChI=1S/C17H21N3O4/c1-19-14-3-2-11(15(22)23)6-13(14)18-16(19)20-7-12-8-24-5-4-17(12,9-20)10-21/h2-3,6,12,21H,4-5,7-10H2,1H3,(H,22,23)/t12-,17-/m1/s1. The van der Waals surface area contributed by atoms with E-state index in [2.05, 4.69) is 9.88 Å². The van der Waals surface area contributed by atoms with Crippen LogP contribution in [-0.2, 0) is 11.8 Å². The Labute approximate surface area is 139 Å². The molecule has 2 N–H and O–H groups in total. The smallest absolute Gasteiger partial charge is 0.335 e. The molecule has 2 aromatic rings. The summed E-state index contributed by atoms with van der Waals surface area (Å²) >= 11 is 0. The van der Waals surface area contributed by atoms with Gasteiger partial charge in [0.25, 0.3) is 0 Å². The third-order valence-electron chi connectivity index (χ3n) is 5.58. The Hall–Kier alpha value is -2.12. The van der Waals surface area contributed by atoms with Crippen LogP contribution in [0.4, 0.5) is 5.95 Å². The number of fused-ring (bicyclic) bond motifs is 2. The number of ether oxygens (including phenoxy) is 1. The fourth-order valence-corrected chi connectivity index (χ4v) is 4.06. The van der Waals surface area contributed by atoms with Crippen molar-refractivity contribution in [1.29, 1.82) is 0 Å². The number of aliphatic hydroxyl groups excluding tert-OH is 1. The number of hydrogen-bond acceptors (Lipinski definition) is 5. The number of aryl methyl sites for hydroxylation is 1. The highest BCUT2D eigenvalue weighted by atomic mass is 16.5. The Morgan fingerprint density at radius 1 is 1.50 bits per heavy atom. The van der Waals surface area contributed by atoms with E-state index in [1.807, 2.05) is 11.6 Å². The lowest BCUT2D eigenvalue weighted by Crippen LogP contribution is -2.41. The average molecular weight is 331 g/mol. The zero-order valence-corrected chi connectivity index (χ0v) is 13.6. The molecule has 4 rings (SSSR count). The van der Waals surface area contributed by atoms with Gasteiger partial charge in [0.2, 0.25) is 5.95 Å². The van der Waals surface area contributed by atoms with E-state index in [9.17, 15) is 9.90 Å². The summed E-state index contributed by atoms with van der Waals surface area (Å²) in [6.45, 7) is 3.06. The highest BCUT2D eigenvalue weighted by Gasteiger charge is 2.48. The molecule has 0 unspecified atom stereocenters. The zero-order valence-electron chi connectivity index (χ0n) is 13.6. The van der Waals surface area contributed by atoms with Crippen LogP contribution in [0.5, 0.6) is 0 Å². The van der Waals surface area contributed by atoms with E-state index in [0.29, 0.717) is 24.6 Å². The number of nitrogens with zero attached hydrogens (tertiary/aromatic N) is 3. The lowest BCUT2D eigenvalue weighted by atomic mass is 9.75. The van der Waals surface area contributed by atoms with Crippen molar-refractivity contribution >= 4 is 23.0 Å². The van der Waals surface area contributed by atoms with Crippen molar-refractivity contribution in [3.05, 3.63) is 23.8 Å². The van der Waals surface area contributed by atoms with Gasteiger partial charge in [-0.3, -0.25) is 0 Å². The summed E-state index contributed by atoms with van der Waals surface area (Å²) in [7, 11) is 1.94. The quantitative estimate of drug-likeness (QED) is 0.876. The van der Waals surface area contributed by atoms with E-state index >= 15 is 0 Å². The summed E-state index contributed by atoms with van der Waals surface area (Å²) < 4.78 is 7.59. The van der Waals surface area contributed by atoms with Crippen molar-refractivity contribution in [3.8, 4) is 0 Å². The van der Waals surface area contributed by atoms with Gasteiger partial charge in [0.1, 0.15) is 0 Å². The molecule has 0 aliphatic carbocycles. The predicted octanol–water partition coefficient (Wildman–Crippen LogP) is 1.11. The molecule has 2 aliphatic heterocycles. The number of imidazole rings is 1. The molecule has 128 valence electrons. The number of carboxylic acids is 1. The fourth-order valence-electron chi connectivity index (χ4n) is 4.06. The van der Waals surface area contributed by atoms with Gasteiger partial charge in [-0.05, 0) is 24.6 Å². The molecular weight excluding hydrogens is 310 g/mol. The Balaban J connectivity index is 1.72. The summed E-state index contributed by atoms with van der Waals surface area (Å²) in [5.74, 6) is 0.160. The lowest BCUT2D eigenvalue weighted by molar-refractivity contribution is -0.0410. The number of rotatable bonds is 3. The highest BCUT2D eigenvalue weighted by Crippen LogP contribution is 2.43. The molecule has 2 fully saturated rings. The number of aromatic nitrogens is 2. The van der Waals surface area contributed by atoms with E-state index in [1.165, 1.54) is 0 Å². The van der Waals surface area contributed by atoms with E-state index in [1.54, 1.807) is 18.2 Å². The molecule has 7 heteroatoms. The molecule has 3 heterocycles. The average Bonchev–Trinajstić information content (AvgIpc) is 3.13. The summed E-state index contributed by atoms with van der Waals surface area (Å²) in [6, 6.07) is 5.00. The molecule has 2 saturated heterocycles. The molecule has 0 bridgehead atoms. The van der Waals surface area contributed by atoms with Gasteiger partial charge in [0, 0.05) is 38.1 Å². The molecule has 2 aliphatic rings. The number of carbonyl (C=O) groups is 1. The second-order valence-corrected chi connectivity index (χ2v) is 6.90. The van der Waals surface area contributed by atoms with Crippen LogP contribution in [0, 0.1) is 11.3 Å². The van der Waals surface area contributed by atoms with Gasteiger partial charge in [0.05, 0.1) is 29.8 Å². The second-order valence-electron chi connectivity index (χ2n) is 6.90. The third kappa shape index (κ3) is 2.19. The van der Waals surface area contributed by atoms with E-state index in [0.717, 1.165) is 31.0 Å². The highest BCUT2D eigenvalue weighted by molar-refractivity contribution is 5.93. The number of carboxylic acid groups (broad SMARTS) is 1. The minimum absolute atomic E-state index is 0.122. The molecule has 0 amide bonds. The largest absolute Gasteiger partial charge is 0.478 e. The Kier molecular flexibility index (Phi) is 3.51. The minimum Gasteiger partial charge on any atom is -0.478 e. The van der Waals surface area contributed by atoms with Gasteiger partial charge < -0.3 is 24.4 Å². The Morgan fingerprint density at radius 3 is 3.04 bits per heavy atom. The summed E-state index contributed by atoms with van der Waals surface area (Å²) in [6.07, 6.45) is 0.859. The molecule has 1 aromatic carbocycles. The van der Waals surface area contributed by atoms with Crippen LogP contribution in [-0.4, -0.2) is 58.6 Å². The third-order valence-corrected chi connectivity index (χ3v) is 5.58. The minimum atomic E-state index is -0.951. The van der Waals surface area contributed by atoms with Crippen LogP contribution < -0.4 is 4.90 Å². The van der Waals surface area contributed by atoms with Gasteiger partial charge in [0.15, 0.2) is 0 Å². The van der Waals surface area contributed by atoms with Gasteiger partial charge in [-0.1, -0.05) is 0 Å². The first kappa shape index (κ1) is 15.4. The topological polar surface area (TPSA) is 87.8 Å². The molecule has 7 nitrogen and oxygen atoms in total. The summed E-state index contributed by atoms with van der Waals surface area (Å²) in [5, 5.41) is 19.1. The van der Waals surface area contributed by atoms with Gasteiger partial charge in [-0.25, -0.2) is 9.78 Å². The van der Waals surface area contributed by atoms with Crippen LogP contribution in [0.15, 0.2) is 18.2 Å². The Morgan fingerprint density at radius 2 is 2.33 bits per heavy atom. The van der Waals surface area contributed by atoms with E-state index in [4.69, 9.17) is 9.84 Å². The van der Waals surface area contributed by atoms with Gasteiger partial charge in [-0.15, -0.1) is 0 Å². The van der Waals surface area contributed by atoms with Crippen LogP contribution in [0.3, 0.4) is 0 Å². The first-order valence-corrected chi connectivity index (χ1v) is 8.17. The molecule has 2 atom stereocenters. The van der Waals surface area contributed by atoms with E-state index in [-0.39, 0.29) is 17.6 Å². The van der Waals surface area contributed by atoms with Gasteiger partial charge in [-0.2, -0.15) is 0 Å². The first-order valence-electron chi connectivity index (χ1n) is 8.17. The summed E-state index contributed by atoms with van der Waals surface area (Å²) in [4.78, 5) is 18.0. The maximum Gasteiger partial charge on any atom is 0.335 e. The summed E-state index contributed by atoms with van der Waals surface area (Å²) in [5.41, 5.74) is 1.70. The van der Waals surface area contributed by atoms with Crippen LogP contribution in [0.25, 0.3) is 11.0 Å². The molecule has 0 spiro atoms. The maximum atomic E-state index is 11.2. The first-order chi connectivity index (χ1) is 11.5. The van der Waals surface area contributed by atoms with Crippen molar-refractivity contribution in [2.45, 2.75) is 6.42 Å². The number of anilines is 1. The molecular formula is C17H21N3O4. The number of benzene rings is 1. The number of hydrogen-bond donors (Lipinski definition) is 2.